The molecule has 0 radical (unpaired) electrons. The van der Waals surface area contributed by atoms with E-state index >= 15 is 0 Å². The molecule has 144 valence electrons. The van der Waals surface area contributed by atoms with Gasteiger partial charge in [0.05, 0.1) is 18.0 Å². The van der Waals surface area contributed by atoms with Crippen LogP contribution in [0.25, 0.3) is 10.2 Å². The molecule has 28 heavy (non-hydrogen) atoms. The van der Waals surface area contributed by atoms with Gasteiger partial charge in [-0.2, -0.15) is 5.26 Å². The molecule has 0 unspecified atom stereocenters. The molecule has 1 atom stereocenters. The van der Waals surface area contributed by atoms with E-state index < -0.39 is 0 Å². The number of nitrogens with zero attached hydrogens (tertiary/aromatic N) is 4. The fourth-order valence-corrected chi connectivity index (χ4v) is 5.25. The lowest BCUT2D eigenvalue weighted by atomic mass is 9.97. The molecule has 6 heteroatoms. The highest BCUT2D eigenvalue weighted by Gasteiger charge is 2.23. The maximum Gasteiger partial charge on any atom is 0.263 e. The monoisotopic (exact) mass is 392 g/mol. The van der Waals surface area contributed by atoms with Gasteiger partial charge in [0.25, 0.3) is 5.56 Å². The lowest BCUT2D eigenvalue weighted by Gasteiger charge is -2.25. The highest BCUT2D eigenvalue weighted by atomic mass is 32.1. The Bertz CT molecular complexity index is 1090. The second-order valence-electron chi connectivity index (χ2n) is 7.47. The largest absolute Gasteiger partial charge is 0.292 e. The zero-order valence-corrected chi connectivity index (χ0v) is 17.1. The summed E-state index contributed by atoms with van der Waals surface area (Å²) in [6.07, 6.45) is 4.28. The first-order valence-corrected chi connectivity index (χ1v) is 10.6. The molecule has 0 spiro atoms. The van der Waals surface area contributed by atoms with Crippen molar-refractivity contribution < 1.29 is 0 Å². The molecule has 0 aliphatic heterocycles. The molecule has 4 rings (SSSR count). The first-order valence-electron chi connectivity index (χ1n) is 9.76. The van der Waals surface area contributed by atoms with Crippen LogP contribution >= 0.6 is 11.3 Å². The van der Waals surface area contributed by atoms with Crippen molar-refractivity contribution in [3.63, 3.8) is 0 Å². The summed E-state index contributed by atoms with van der Waals surface area (Å²) >= 11 is 1.66. The summed E-state index contributed by atoms with van der Waals surface area (Å²) < 4.78 is 1.57. The number of thiophene rings is 1. The molecule has 0 saturated heterocycles. The summed E-state index contributed by atoms with van der Waals surface area (Å²) in [6.45, 7) is 2.70. The lowest BCUT2D eigenvalue weighted by molar-refractivity contribution is 0.243. The Morgan fingerprint density at radius 2 is 2.04 bits per heavy atom. The number of fused-ring (bicyclic) bond motifs is 3. The van der Waals surface area contributed by atoms with Crippen LogP contribution in [0.1, 0.15) is 47.6 Å². The fraction of sp³-hybridized carbons (Fsp3) is 0.409. The summed E-state index contributed by atoms with van der Waals surface area (Å²) in [5, 5.41) is 10.1. The van der Waals surface area contributed by atoms with E-state index in [4.69, 9.17) is 4.98 Å². The van der Waals surface area contributed by atoms with E-state index in [1.807, 2.05) is 25.2 Å². The summed E-state index contributed by atoms with van der Waals surface area (Å²) in [7, 11) is 2.03. The van der Waals surface area contributed by atoms with E-state index in [0.717, 1.165) is 29.5 Å². The van der Waals surface area contributed by atoms with Gasteiger partial charge < -0.3 is 0 Å². The lowest BCUT2D eigenvalue weighted by Crippen LogP contribution is -2.30. The van der Waals surface area contributed by atoms with Gasteiger partial charge in [0.2, 0.25) is 0 Å². The Labute approximate surface area is 168 Å². The number of hydrogen-bond acceptors (Lipinski definition) is 5. The molecule has 2 aromatic heterocycles. The third kappa shape index (κ3) is 3.36. The van der Waals surface area contributed by atoms with Gasteiger partial charge in [-0.3, -0.25) is 14.3 Å². The van der Waals surface area contributed by atoms with Gasteiger partial charge in [-0.1, -0.05) is 30.3 Å². The Morgan fingerprint density at radius 1 is 1.29 bits per heavy atom. The minimum atomic E-state index is -0.0540. The third-order valence-electron chi connectivity index (χ3n) is 5.72. The predicted molar refractivity (Wildman–Crippen MR) is 112 cm³/mol. The maximum absolute atomic E-state index is 13.3. The van der Waals surface area contributed by atoms with Crippen molar-refractivity contribution in [3.8, 4) is 6.07 Å². The fourth-order valence-electron chi connectivity index (χ4n) is 3.98. The van der Waals surface area contributed by atoms with E-state index in [1.54, 1.807) is 15.9 Å². The molecule has 0 bridgehead atoms. The van der Waals surface area contributed by atoms with E-state index in [0.29, 0.717) is 12.4 Å². The number of aryl methyl sites for hydroxylation is 2. The Balaban J connectivity index is 1.75. The Kier molecular flexibility index (Phi) is 5.29. The van der Waals surface area contributed by atoms with Crippen LogP contribution in [0.2, 0.25) is 0 Å². The van der Waals surface area contributed by atoms with Crippen LogP contribution < -0.4 is 5.56 Å². The highest BCUT2D eigenvalue weighted by molar-refractivity contribution is 7.18. The van der Waals surface area contributed by atoms with E-state index in [2.05, 4.69) is 30.0 Å². The number of nitriles is 1. The van der Waals surface area contributed by atoms with Crippen molar-refractivity contribution in [2.24, 2.45) is 0 Å². The Morgan fingerprint density at radius 3 is 2.79 bits per heavy atom. The number of rotatable bonds is 5. The van der Waals surface area contributed by atoms with Gasteiger partial charge in [0.15, 0.2) is 0 Å². The molecule has 0 saturated carbocycles. The van der Waals surface area contributed by atoms with Crippen LogP contribution in [0.5, 0.6) is 0 Å². The first-order chi connectivity index (χ1) is 13.6. The summed E-state index contributed by atoms with van der Waals surface area (Å²) in [5.41, 5.74) is 2.33. The molecule has 1 aliphatic carbocycles. The second kappa shape index (κ2) is 7.86. The predicted octanol–water partition coefficient (Wildman–Crippen LogP) is 4.05. The van der Waals surface area contributed by atoms with Crippen LogP contribution in [0.3, 0.4) is 0 Å². The van der Waals surface area contributed by atoms with Crippen LogP contribution in [0.4, 0.5) is 0 Å². The normalized spacial score (nSPS) is 14.8. The number of hydrogen-bond donors (Lipinski definition) is 0. The minimum Gasteiger partial charge on any atom is -0.292 e. The van der Waals surface area contributed by atoms with Crippen LogP contribution in [-0.4, -0.2) is 21.5 Å². The maximum atomic E-state index is 13.3. The summed E-state index contributed by atoms with van der Waals surface area (Å²) in [6, 6.07) is 12.6. The van der Waals surface area contributed by atoms with Crippen molar-refractivity contribution in [3.05, 3.63) is 62.5 Å². The third-order valence-corrected chi connectivity index (χ3v) is 6.90. The quantitative estimate of drug-likeness (QED) is 0.657. The molecular weight excluding hydrogens is 368 g/mol. The van der Waals surface area contributed by atoms with E-state index in [1.165, 1.54) is 22.4 Å². The van der Waals surface area contributed by atoms with Crippen molar-refractivity contribution in [2.75, 3.05) is 7.05 Å². The van der Waals surface area contributed by atoms with Gasteiger partial charge in [-0.15, -0.1) is 11.3 Å². The van der Waals surface area contributed by atoms with Crippen LogP contribution in [-0.2, 0) is 25.9 Å². The molecule has 1 aliphatic rings. The first kappa shape index (κ1) is 18.9. The Hall–Kier alpha value is -2.49. The molecular formula is C22H24N4OS. The highest BCUT2D eigenvalue weighted by Crippen LogP contribution is 2.34. The second-order valence-corrected chi connectivity index (χ2v) is 8.55. The van der Waals surface area contributed by atoms with Crippen molar-refractivity contribution in [1.82, 2.24) is 14.5 Å². The zero-order valence-electron chi connectivity index (χ0n) is 16.3. The molecule has 3 aromatic rings. The van der Waals surface area contributed by atoms with Gasteiger partial charge in [-0.25, -0.2) is 4.98 Å². The molecule has 0 fully saturated rings. The molecule has 5 nitrogen and oxygen atoms in total. The minimum absolute atomic E-state index is 0.0370. The van der Waals surface area contributed by atoms with Gasteiger partial charge in [-0.05, 0) is 50.8 Å². The molecule has 2 heterocycles. The molecule has 0 N–H and O–H groups in total. The van der Waals surface area contributed by atoms with Crippen LogP contribution in [0.15, 0.2) is 35.1 Å². The zero-order chi connectivity index (χ0) is 19.7. The number of benzene rings is 1. The van der Waals surface area contributed by atoms with Gasteiger partial charge in [0, 0.05) is 10.9 Å². The van der Waals surface area contributed by atoms with E-state index in [-0.39, 0.29) is 18.1 Å². The van der Waals surface area contributed by atoms with Crippen molar-refractivity contribution in [2.45, 2.75) is 51.7 Å². The van der Waals surface area contributed by atoms with Gasteiger partial charge >= 0.3 is 0 Å². The molecule has 0 amide bonds. The molecule has 1 aromatic carbocycles. The summed E-state index contributed by atoms with van der Waals surface area (Å²) in [5.74, 6) is 0.669. The van der Waals surface area contributed by atoms with Crippen molar-refractivity contribution in [1.29, 1.82) is 5.26 Å². The topological polar surface area (TPSA) is 61.9 Å². The SMILES string of the molecule is C[C@H](c1ccccc1)N(C)Cc1nc2sc3c(c2c(=O)n1CC#N)CCCC3. The average molecular weight is 393 g/mol. The average Bonchev–Trinajstić information content (AvgIpc) is 3.09. The van der Waals surface area contributed by atoms with Gasteiger partial charge in [0.1, 0.15) is 17.2 Å². The smallest absolute Gasteiger partial charge is 0.263 e. The van der Waals surface area contributed by atoms with Crippen molar-refractivity contribution >= 4 is 21.6 Å². The van der Waals surface area contributed by atoms with Crippen LogP contribution in [0, 0.1) is 11.3 Å². The number of aromatic nitrogens is 2. The summed E-state index contributed by atoms with van der Waals surface area (Å²) in [4.78, 5) is 22.4. The standard InChI is InChI=1S/C22H24N4OS/c1-15(16-8-4-3-5-9-16)25(2)14-19-24-21-20(22(27)26(19)13-12-23)17-10-6-7-11-18(17)28-21/h3-5,8-9,15H,6-7,10-11,13-14H2,1-2H3/t15-/m1/s1. The van der Waals surface area contributed by atoms with E-state index in [9.17, 15) is 10.1 Å².